The van der Waals surface area contributed by atoms with Crippen molar-refractivity contribution >= 4 is 34.8 Å². The first-order valence-corrected chi connectivity index (χ1v) is 19.6. The van der Waals surface area contributed by atoms with E-state index in [9.17, 15) is 27.6 Å². The summed E-state index contributed by atoms with van der Waals surface area (Å²) in [5.41, 5.74) is 2.72. The standard InChI is InChI=1S/C42H45F4N7O3/c43-39-35(8-3-30(24-47)38(39)42(44,45)46)52-17-13-29(14-18-52)28-1-4-32(5-2-28)50-15-11-27(12-16-50)25-49-19-21-51(22-20-49)33-6-7-34-31(23-33)26-53(41(34)56)36-9-10-37(54)48-40(36)55/h1-8,23,27,29,36H,9-22,25-26H2,(H,48,54,55). The van der Waals surface area contributed by atoms with Crippen LogP contribution in [0.5, 0.6) is 0 Å². The molecule has 8 rings (SSSR count). The highest BCUT2D eigenvalue weighted by Crippen LogP contribution is 2.40. The number of nitriles is 1. The predicted octanol–water partition coefficient (Wildman–Crippen LogP) is 5.90. The molecule has 10 nitrogen and oxygen atoms in total. The van der Waals surface area contributed by atoms with Gasteiger partial charge < -0.3 is 19.6 Å². The fraction of sp³-hybridized carbons (Fsp3) is 0.476. The lowest BCUT2D eigenvalue weighted by Gasteiger charge is -2.40. The summed E-state index contributed by atoms with van der Waals surface area (Å²) < 4.78 is 55.6. The number of carbonyl (C=O) groups excluding carboxylic acids is 3. The second kappa shape index (κ2) is 15.4. The maximum absolute atomic E-state index is 15.0. The van der Waals surface area contributed by atoms with Gasteiger partial charge in [-0.25, -0.2) is 4.39 Å². The van der Waals surface area contributed by atoms with Gasteiger partial charge in [-0.15, -0.1) is 0 Å². The lowest BCUT2D eigenvalue weighted by atomic mass is 9.88. The number of nitrogens with one attached hydrogen (secondary N) is 1. The van der Waals surface area contributed by atoms with Crippen molar-refractivity contribution in [3.8, 4) is 6.07 Å². The second-order valence-corrected chi connectivity index (χ2v) is 15.7. The van der Waals surface area contributed by atoms with E-state index in [-0.39, 0.29) is 29.8 Å². The topological polar surface area (TPSA) is 103 Å². The first kappa shape index (κ1) is 37.7. The van der Waals surface area contributed by atoms with Crippen LogP contribution >= 0.6 is 0 Å². The van der Waals surface area contributed by atoms with Gasteiger partial charge in [0.1, 0.15) is 11.6 Å². The Bertz CT molecular complexity index is 2030. The van der Waals surface area contributed by atoms with Gasteiger partial charge in [-0.3, -0.25) is 24.6 Å². The molecule has 0 bridgehead atoms. The molecule has 1 atom stereocenters. The summed E-state index contributed by atoms with van der Waals surface area (Å²) in [7, 11) is 0. The lowest BCUT2D eigenvalue weighted by molar-refractivity contribution is -0.140. The number of alkyl halides is 3. The van der Waals surface area contributed by atoms with E-state index < -0.39 is 35.1 Å². The zero-order chi connectivity index (χ0) is 39.1. The number of amides is 3. The van der Waals surface area contributed by atoms with Crippen LogP contribution in [-0.2, 0) is 22.3 Å². The van der Waals surface area contributed by atoms with E-state index in [2.05, 4.69) is 50.3 Å². The Hall–Kier alpha value is -5.16. The van der Waals surface area contributed by atoms with Crippen molar-refractivity contribution in [3.05, 3.63) is 88.2 Å². The van der Waals surface area contributed by atoms with E-state index in [1.165, 1.54) is 23.4 Å². The lowest BCUT2D eigenvalue weighted by Crippen LogP contribution is -2.52. The molecule has 4 saturated heterocycles. The third kappa shape index (κ3) is 7.53. The summed E-state index contributed by atoms with van der Waals surface area (Å²) in [6, 6.07) is 17.8. The summed E-state index contributed by atoms with van der Waals surface area (Å²) in [6.45, 7) is 8.02. The first-order valence-electron chi connectivity index (χ1n) is 19.6. The average molecular weight is 772 g/mol. The molecule has 294 valence electrons. The number of hydrogen-bond acceptors (Lipinski definition) is 8. The maximum atomic E-state index is 15.0. The molecule has 5 aliphatic rings. The molecule has 0 spiro atoms. The van der Waals surface area contributed by atoms with E-state index in [4.69, 9.17) is 5.26 Å². The molecule has 0 aromatic heterocycles. The Kier molecular flexibility index (Phi) is 10.4. The molecular formula is C42H45F4N7O3. The van der Waals surface area contributed by atoms with Gasteiger partial charge in [0.2, 0.25) is 11.8 Å². The van der Waals surface area contributed by atoms with E-state index in [0.717, 1.165) is 76.0 Å². The number of fused-ring (bicyclic) bond motifs is 1. The number of anilines is 3. The molecule has 14 heteroatoms. The fourth-order valence-corrected chi connectivity index (χ4v) is 9.28. The molecule has 4 fully saturated rings. The number of piperidine rings is 3. The van der Waals surface area contributed by atoms with Gasteiger partial charge in [0.25, 0.3) is 5.91 Å². The Morgan fingerprint density at radius 2 is 1.43 bits per heavy atom. The van der Waals surface area contributed by atoms with Crippen LogP contribution in [0.2, 0.25) is 0 Å². The number of rotatable bonds is 7. The molecule has 5 heterocycles. The molecule has 0 saturated carbocycles. The fourth-order valence-electron chi connectivity index (χ4n) is 9.28. The van der Waals surface area contributed by atoms with Crippen molar-refractivity contribution in [2.24, 2.45) is 5.92 Å². The summed E-state index contributed by atoms with van der Waals surface area (Å²) in [6.07, 6.45) is -0.731. The molecule has 1 N–H and O–H groups in total. The van der Waals surface area contributed by atoms with Crippen LogP contribution in [0.4, 0.5) is 34.6 Å². The predicted molar refractivity (Wildman–Crippen MR) is 203 cm³/mol. The number of halogens is 4. The Morgan fingerprint density at radius 1 is 0.768 bits per heavy atom. The molecular weight excluding hydrogens is 727 g/mol. The first-order chi connectivity index (χ1) is 27.0. The highest BCUT2D eigenvalue weighted by Gasteiger charge is 2.41. The van der Waals surface area contributed by atoms with Gasteiger partial charge in [-0.05, 0) is 97.5 Å². The highest BCUT2D eigenvalue weighted by molar-refractivity contribution is 6.05. The van der Waals surface area contributed by atoms with Gasteiger partial charge >= 0.3 is 6.18 Å². The molecule has 1 unspecified atom stereocenters. The van der Waals surface area contributed by atoms with Crippen LogP contribution in [0, 0.1) is 23.1 Å². The highest BCUT2D eigenvalue weighted by atomic mass is 19.4. The third-order valence-electron chi connectivity index (χ3n) is 12.5. The van der Waals surface area contributed by atoms with E-state index >= 15 is 4.39 Å². The summed E-state index contributed by atoms with van der Waals surface area (Å²) in [5.74, 6) is -1.36. The summed E-state index contributed by atoms with van der Waals surface area (Å²) in [4.78, 5) is 47.8. The number of benzene rings is 3. The Labute approximate surface area is 323 Å². The van der Waals surface area contributed by atoms with Crippen molar-refractivity contribution in [1.29, 1.82) is 5.26 Å². The van der Waals surface area contributed by atoms with Crippen LogP contribution in [-0.4, -0.2) is 92.5 Å². The molecule has 3 aromatic carbocycles. The summed E-state index contributed by atoms with van der Waals surface area (Å²) in [5, 5.41) is 11.4. The van der Waals surface area contributed by atoms with Gasteiger partial charge in [0, 0.05) is 88.8 Å². The van der Waals surface area contributed by atoms with E-state index in [1.807, 2.05) is 12.1 Å². The smallest absolute Gasteiger partial charge is 0.372 e. The Balaban J connectivity index is 0.780. The SMILES string of the molecule is N#Cc1ccc(N2CCC(c3ccc(N4CCC(CN5CCN(c6ccc7c(c6)CN(C6CCC(=O)NC6=O)C7=O)CC5)CC4)cc3)CC2)c(F)c1C(F)(F)F. The van der Waals surface area contributed by atoms with Crippen molar-refractivity contribution < 1.29 is 31.9 Å². The van der Waals surface area contributed by atoms with E-state index in [1.54, 1.807) is 9.80 Å². The number of piperazine rings is 1. The van der Waals surface area contributed by atoms with Crippen LogP contribution in [0.3, 0.4) is 0 Å². The van der Waals surface area contributed by atoms with Gasteiger partial charge in [-0.2, -0.15) is 18.4 Å². The monoisotopic (exact) mass is 771 g/mol. The van der Waals surface area contributed by atoms with Gasteiger partial charge in [0.15, 0.2) is 5.82 Å². The van der Waals surface area contributed by atoms with E-state index in [0.29, 0.717) is 50.4 Å². The zero-order valence-electron chi connectivity index (χ0n) is 31.2. The molecule has 5 aliphatic heterocycles. The molecule has 0 aliphatic carbocycles. The minimum Gasteiger partial charge on any atom is -0.372 e. The van der Waals surface area contributed by atoms with Crippen LogP contribution in [0.15, 0.2) is 54.6 Å². The maximum Gasteiger partial charge on any atom is 0.420 e. The minimum absolute atomic E-state index is 0.104. The van der Waals surface area contributed by atoms with Crippen molar-refractivity contribution in [3.63, 3.8) is 0 Å². The van der Waals surface area contributed by atoms with Crippen molar-refractivity contribution in [2.45, 2.75) is 63.2 Å². The number of nitrogens with zero attached hydrogens (tertiary/aromatic N) is 6. The molecule has 0 radical (unpaired) electrons. The van der Waals surface area contributed by atoms with Gasteiger partial charge in [-0.1, -0.05) is 12.1 Å². The second-order valence-electron chi connectivity index (χ2n) is 15.7. The molecule has 3 amide bonds. The van der Waals surface area contributed by atoms with Crippen LogP contribution in [0.1, 0.15) is 77.1 Å². The average Bonchev–Trinajstić information content (AvgIpc) is 3.52. The Morgan fingerprint density at radius 3 is 2.09 bits per heavy atom. The number of carbonyl (C=O) groups is 3. The molecule has 3 aromatic rings. The normalized spacial score (nSPS) is 21.7. The third-order valence-corrected chi connectivity index (χ3v) is 12.5. The number of hydrogen-bond donors (Lipinski definition) is 1. The zero-order valence-corrected chi connectivity index (χ0v) is 31.2. The van der Waals surface area contributed by atoms with Crippen LogP contribution < -0.4 is 20.0 Å². The number of imide groups is 1. The van der Waals surface area contributed by atoms with Gasteiger partial charge in [0.05, 0.1) is 17.3 Å². The quantitative estimate of drug-likeness (QED) is 0.234. The molecule has 56 heavy (non-hydrogen) atoms. The van der Waals surface area contributed by atoms with Crippen molar-refractivity contribution in [1.82, 2.24) is 15.1 Å². The van der Waals surface area contributed by atoms with Crippen molar-refractivity contribution in [2.75, 3.05) is 73.6 Å². The van der Waals surface area contributed by atoms with Crippen LogP contribution in [0.25, 0.3) is 0 Å². The largest absolute Gasteiger partial charge is 0.420 e. The summed E-state index contributed by atoms with van der Waals surface area (Å²) >= 11 is 0. The minimum atomic E-state index is -4.94.